The molecule has 0 aliphatic carbocycles. The van der Waals surface area contributed by atoms with Crippen molar-refractivity contribution in [3.05, 3.63) is 16.3 Å². The van der Waals surface area contributed by atoms with E-state index in [9.17, 15) is 13.2 Å². The van der Waals surface area contributed by atoms with Crippen LogP contribution in [0.2, 0.25) is 0 Å². The highest BCUT2D eigenvalue weighted by Crippen LogP contribution is 2.25. The van der Waals surface area contributed by atoms with E-state index in [4.69, 9.17) is 10.5 Å². The first-order valence-electron chi connectivity index (χ1n) is 4.98. The number of sulfonamides is 1. The molecule has 1 saturated heterocycles. The van der Waals surface area contributed by atoms with Crippen molar-refractivity contribution in [1.82, 2.24) is 4.31 Å². The van der Waals surface area contributed by atoms with Crippen molar-refractivity contribution in [2.75, 3.05) is 26.3 Å². The molecule has 0 saturated carbocycles. The van der Waals surface area contributed by atoms with Gasteiger partial charge in [0.05, 0.1) is 13.2 Å². The molecular weight excluding hydrogens is 264 g/mol. The third kappa shape index (κ3) is 2.34. The molecule has 0 aromatic carbocycles. The Hall–Kier alpha value is -0.960. The van der Waals surface area contributed by atoms with Gasteiger partial charge < -0.3 is 10.5 Å². The maximum atomic E-state index is 12.2. The fraction of sp³-hybridized carbons (Fsp3) is 0.444. The minimum atomic E-state index is -3.63. The van der Waals surface area contributed by atoms with Gasteiger partial charge in [0, 0.05) is 13.1 Å². The number of carbonyl (C=O) groups excluding carboxylic acids is 1. The first-order valence-corrected chi connectivity index (χ1v) is 7.30. The molecule has 8 heteroatoms. The minimum absolute atomic E-state index is 0.00287. The second kappa shape index (κ2) is 4.73. The standard InChI is InChI=1S/C9H12N2O4S2/c10-9(12)8-7(1-6-16-8)17(13,14)11-2-4-15-5-3-11/h1,6H,2-5H2,(H2,10,12). The molecule has 2 heterocycles. The molecule has 0 bridgehead atoms. The van der Waals surface area contributed by atoms with Gasteiger partial charge in [0.2, 0.25) is 10.0 Å². The van der Waals surface area contributed by atoms with Crippen LogP contribution in [0.3, 0.4) is 0 Å². The van der Waals surface area contributed by atoms with Crippen LogP contribution in [0.5, 0.6) is 0 Å². The van der Waals surface area contributed by atoms with E-state index < -0.39 is 15.9 Å². The van der Waals surface area contributed by atoms with Crippen molar-refractivity contribution in [2.24, 2.45) is 5.73 Å². The Morgan fingerprint density at radius 3 is 2.65 bits per heavy atom. The smallest absolute Gasteiger partial charge is 0.260 e. The molecular formula is C9H12N2O4S2. The van der Waals surface area contributed by atoms with Gasteiger partial charge in [-0.3, -0.25) is 4.79 Å². The van der Waals surface area contributed by atoms with Gasteiger partial charge in [-0.1, -0.05) is 0 Å². The quantitative estimate of drug-likeness (QED) is 0.832. The van der Waals surface area contributed by atoms with Crippen molar-refractivity contribution in [3.8, 4) is 0 Å². The lowest BCUT2D eigenvalue weighted by atomic mass is 10.4. The summed E-state index contributed by atoms with van der Waals surface area (Å²) in [6, 6.07) is 1.41. The molecule has 6 nitrogen and oxygen atoms in total. The average Bonchev–Trinajstić information content (AvgIpc) is 2.80. The first kappa shape index (κ1) is 12.5. The van der Waals surface area contributed by atoms with Gasteiger partial charge in [0.15, 0.2) is 0 Å². The lowest BCUT2D eigenvalue weighted by Gasteiger charge is -2.25. The number of amides is 1. The lowest BCUT2D eigenvalue weighted by Crippen LogP contribution is -2.41. The summed E-state index contributed by atoms with van der Waals surface area (Å²) < 4.78 is 30.9. The van der Waals surface area contributed by atoms with Crippen LogP contribution in [-0.2, 0) is 14.8 Å². The summed E-state index contributed by atoms with van der Waals surface area (Å²) in [4.78, 5) is 11.2. The molecule has 1 aliphatic rings. The van der Waals surface area contributed by atoms with E-state index in [2.05, 4.69) is 0 Å². The molecule has 0 radical (unpaired) electrons. The molecule has 0 atom stereocenters. The third-order valence-electron chi connectivity index (χ3n) is 2.44. The Bertz CT molecular complexity index is 517. The van der Waals surface area contributed by atoms with Crippen molar-refractivity contribution in [2.45, 2.75) is 4.90 Å². The molecule has 0 spiro atoms. The normalized spacial score (nSPS) is 18.1. The van der Waals surface area contributed by atoms with Gasteiger partial charge in [-0.05, 0) is 11.4 Å². The maximum absolute atomic E-state index is 12.2. The number of thiophene rings is 1. The zero-order valence-corrected chi connectivity index (χ0v) is 10.6. The predicted octanol–water partition coefficient (Wildman–Crippen LogP) is -0.132. The topological polar surface area (TPSA) is 89.7 Å². The van der Waals surface area contributed by atoms with Crippen LogP contribution in [0.4, 0.5) is 0 Å². The largest absolute Gasteiger partial charge is 0.379 e. The molecule has 1 aromatic heterocycles. The maximum Gasteiger partial charge on any atom is 0.260 e. The van der Waals surface area contributed by atoms with E-state index in [-0.39, 0.29) is 9.77 Å². The molecule has 1 fully saturated rings. The summed E-state index contributed by atoms with van der Waals surface area (Å²) in [6.07, 6.45) is 0. The molecule has 1 aromatic rings. The molecule has 2 rings (SSSR count). The number of rotatable bonds is 3. The predicted molar refractivity (Wildman–Crippen MR) is 62.4 cm³/mol. The molecule has 1 aliphatic heterocycles. The highest BCUT2D eigenvalue weighted by molar-refractivity contribution is 7.89. The van der Waals surface area contributed by atoms with Gasteiger partial charge in [0.1, 0.15) is 9.77 Å². The van der Waals surface area contributed by atoms with Crippen molar-refractivity contribution in [1.29, 1.82) is 0 Å². The number of hydrogen-bond donors (Lipinski definition) is 1. The van der Waals surface area contributed by atoms with Crippen LogP contribution in [-0.4, -0.2) is 44.9 Å². The molecule has 94 valence electrons. The second-order valence-corrected chi connectivity index (χ2v) is 6.32. The molecule has 17 heavy (non-hydrogen) atoms. The fourth-order valence-corrected chi connectivity index (χ4v) is 4.28. The van der Waals surface area contributed by atoms with Gasteiger partial charge in [-0.15, -0.1) is 11.3 Å². The van der Waals surface area contributed by atoms with Crippen LogP contribution >= 0.6 is 11.3 Å². The number of ether oxygens (including phenoxy) is 1. The number of hydrogen-bond acceptors (Lipinski definition) is 5. The number of nitrogens with two attached hydrogens (primary N) is 1. The summed E-state index contributed by atoms with van der Waals surface area (Å²) >= 11 is 1.04. The average molecular weight is 276 g/mol. The van der Waals surface area contributed by atoms with Crippen molar-refractivity contribution in [3.63, 3.8) is 0 Å². The Morgan fingerprint density at radius 2 is 2.06 bits per heavy atom. The highest BCUT2D eigenvalue weighted by atomic mass is 32.2. The molecule has 1 amide bonds. The number of primary amides is 1. The van der Waals surface area contributed by atoms with Gasteiger partial charge in [-0.2, -0.15) is 4.31 Å². The summed E-state index contributed by atoms with van der Waals surface area (Å²) in [6.45, 7) is 1.34. The van der Waals surface area contributed by atoms with E-state index in [0.29, 0.717) is 26.3 Å². The summed E-state index contributed by atoms with van der Waals surface area (Å²) in [7, 11) is -3.63. The lowest BCUT2D eigenvalue weighted by molar-refractivity contribution is 0.0730. The highest BCUT2D eigenvalue weighted by Gasteiger charge is 2.30. The second-order valence-electron chi connectivity index (χ2n) is 3.49. The summed E-state index contributed by atoms with van der Waals surface area (Å²) in [5, 5.41) is 1.55. The van der Waals surface area contributed by atoms with E-state index in [1.165, 1.54) is 10.4 Å². The van der Waals surface area contributed by atoms with E-state index >= 15 is 0 Å². The Kier molecular flexibility index (Phi) is 3.48. The van der Waals surface area contributed by atoms with Crippen LogP contribution < -0.4 is 5.73 Å². The van der Waals surface area contributed by atoms with Gasteiger partial charge >= 0.3 is 0 Å². The summed E-state index contributed by atoms with van der Waals surface area (Å²) in [5.41, 5.74) is 5.15. The van der Waals surface area contributed by atoms with E-state index in [1.54, 1.807) is 5.38 Å². The van der Waals surface area contributed by atoms with E-state index in [1.807, 2.05) is 0 Å². The monoisotopic (exact) mass is 276 g/mol. The number of carbonyl (C=O) groups is 1. The van der Waals surface area contributed by atoms with Gasteiger partial charge in [-0.25, -0.2) is 8.42 Å². The number of nitrogens with zero attached hydrogens (tertiary/aromatic N) is 1. The number of morpholine rings is 1. The zero-order chi connectivity index (χ0) is 12.5. The Morgan fingerprint density at radius 1 is 1.41 bits per heavy atom. The third-order valence-corrected chi connectivity index (χ3v) is 5.44. The minimum Gasteiger partial charge on any atom is -0.379 e. The van der Waals surface area contributed by atoms with Crippen molar-refractivity contribution >= 4 is 27.3 Å². The van der Waals surface area contributed by atoms with Gasteiger partial charge in [0.25, 0.3) is 5.91 Å². The van der Waals surface area contributed by atoms with Crippen LogP contribution in [0, 0.1) is 0 Å². The summed E-state index contributed by atoms with van der Waals surface area (Å²) in [5.74, 6) is -0.716. The zero-order valence-electron chi connectivity index (χ0n) is 8.96. The SMILES string of the molecule is NC(=O)c1sccc1S(=O)(=O)N1CCOCC1. The van der Waals surface area contributed by atoms with Crippen LogP contribution in [0.1, 0.15) is 9.67 Å². The van der Waals surface area contributed by atoms with Crippen molar-refractivity contribution < 1.29 is 17.9 Å². The Labute approximate surface area is 103 Å². The first-order chi connectivity index (χ1) is 8.03. The van der Waals surface area contributed by atoms with E-state index in [0.717, 1.165) is 11.3 Å². The fourth-order valence-electron chi connectivity index (χ4n) is 1.61. The molecule has 0 unspecified atom stereocenters. The Balaban J connectivity index is 2.37. The van der Waals surface area contributed by atoms with Crippen LogP contribution in [0.15, 0.2) is 16.3 Å². The van der Waals surface area contributed by atoms with Crippen LogP contribution in [0.25, 0.3) is 0 Å². The molecule has 2 N–H and O–H groups in total.